The van der Waals surface area contributed by atoms with Crippen LogP contribution in [-0.2, 0) is 12.8 Å². The molecule has 144 valence electrons. The minimum Gasteiger partial charge on any atom is -0.328 e. The second-order valence-corrected chi connectivity index (χ2v) is 7.49. The summed E-state index contributed by atoms with van der Waals surface area (Å²) in [5.74, 6) is 0.789. The lowest BCUT2D eigenvalue weighted by Gasteiger charge is -2.31. The fourth-order valence-electron chi connectivity index (χ4n) is 4.41. The zero-order chi connectivity index (χ0) is 16.4. The minimum atomic E-state index is 0. The predicted octanol–water partition coefficient (Wildman–Crippen LogP) is 3.84. The van der Waals surface area contributed by atoms with Crippen LogP contribution < -0.4 is 5.73 Å². The Morgan fingerprint density at radius 1 is 1.08 bits per heavy atom. The van der Waals surface area contributed by atoms with E-state index in [2.05, 4.69) is 45.4 Å². The third kappa shape index (κ3) is 4.80. The van der Waals surface area contributed by atoms with Gasteiger partial charge in [-0.2, -0.15) is 5.10 Å². The van der Waals surface area contributed by atoms with Gasteiger partial charge in [0.2, 0.25) is 0 Å². The summed E-state index contributed by atoms with van der Waals surface area (Å²) < 4.78 is 0. The Kier molecular flexibility index (Phi) is 7.96. The largest absolute Gasteiger partial charge is 0.328 e. The van der Waals surface area contributed by atoms with Crippen LogP contribution in [0.2, 0.25) is 0 Å². The molecule has 0 unspecified atom stereocenters. The summed E-state index contributed by atoms with van der Waals surface area (Å²) >= 11 is 0. The molecular formula is C20H30Cl2N4. The van der Waals surface area contributed by atoms with Gasteiger partial charge in [0.15, 0.2) is 0 Å². The van der Waals surface area contributed by atoms with E-state index >= 15 is 0 Å². The molecular weight excluding hydrogens is 367 g/mol. The van der Waals surface area contributed by atoms with Gasteiger partial charge in [0.1, 0.15) is 0 Å². The number of rotatable bonds is 3. The topological polar surface area (TPSA) is 57.9 Å². The van der Waals surface area contributed by atoms with E-state index in [1.54, 1.807) is 0 Å². The number of halogens is 2. The van der Waals surface area contributed by atoms with E-state index < -0.39 is 0 Å². The van der Waals surface area contributed by atoms with Gasteiger partial charge in [0.05, 0.1) is 5.69 Å². The van der Waals surface area contributed by atoms with Crippen LogP contribution in [0, 0.1) is 5.92 Å². The fourth-order valence-corrected chi connectivity index (χ4v) is 4.41. The molecule has 4 nitrogen and oxygen atoms in total. The molecule has 1 fully saturated rings. The number of nitrogens with zero attached hydrogens (tertiary/aromatic N) is 2. The molecule has 1 saturated carbocycles. The molecule has 2 aromatic rings. The highest BCUT2D eigenvalue weighted by Gasteiger charge is 2.24. The Labute approximate surface area is 168 Å². The number of benzene rings is 1. The summed E-state index contributed by atoms with van der Waals surface area (Å²) in [7, 11) is 0. The lowest BCUT2D eigenvalue weighted by atomic mass is 9.86. The highest BCUT2D eigenvalue weighted by Crippen LogP contribution is 2.28. The van der Waals surface area contributed by atoms with E-state index in [4.69, 9.17) is 5.73 Å². The molecule has 1 aliphatic carbocycles. The predicted molar refractivity (Wildman–Crippen MR) is 112 cm³/mol. The monoisotopic (exact) mass is 396 g/mol. The first-order valence-electron chi connectivity index (χ1n) is 9.39. The third-order valence-electron chi connectivity index (χ3n) is 5.70. The Balaban J connectivity index is 0.00000121. The minimum absolute atomic E-state index is 0. The molecule has 0 amide bonds. The Hall–Kier alpha value is -1.07. The summed E-state index contributed by atoms with van der Waals surface area (Å²) in [6.07, 6.45) is 7.25. The molecule has 6 heteroatoms. The van der Waals surface area contributed by atoms with Gasteiger partial charge < -0.3 is 10.6 Å². The van der Waals surface area contributed by atoms with Gasteiger partial charge in [0, 0.05) is 48.9 Å². The summed E-state index contributed by atoms with van der Waals surface area (Å²) in [4.78, 5) is 2.64. The van der Waals surface area contributed by atoms with Gasteiger partial charge in [0.25, 0.3) is 0 Å². The maximum atomic E-state index is 6.17. The molecule has 0 radical (unpaired) electrons. The summed E-state index contributed by atoms with van der Waals surface area (Å²) in [6.45, 7) is 3.49. The number of nitrogens with one attached hydrogen (secondary N) is 1. The van der Waals surface area contributed by atoms with Crippen molar-refractivity contribution in [1.82, 2.24) is 15.1 Å². The van der Waals surface area contributed by atoms with Crippen LogP contribution in [0.15, 0.2) is 30.3 Å². The Bertz CT molecular complexity index is 674. The van der Waals surface area contributed by atoms with E-state index in [1.165, 1.54) is 49.0 Å². The maximum Gasteiger partial charge on any atom is 0.0955 e. The summed E-state index contributed by atoms with van der Waals surface area (Å²) in [5, 5.41) is 7.90. The first-order chi connectivity index (χ1) is 11.8. The van der Waals surface area contributed by atoms with Crippen molar-refractivity contribution in [3.63, 3.8) is 0 Å². The van der Waals surface area contributed by atoms with Crippen LogP contribution in [-0.4, -0.2) is 40.8 Å². The molecule has 1 aliphatic heterocycles. The quantitative estimate of drug-likeness (QED) is 0.828. The number of aromatic amines is 1. The second-order valence-electron chi connectivity index (χ2n) is 7.49. The number of H-pyrrole nitrogens is 1. The van der Waals surface area contributed by atoms with Crippen molar-refractivity contribution < 1.29 is 0 Å². The molecule has 2 heterocycles. The molecule has 26 heavy (non-hydrogen) atoms. The van der Waals surface area contributed by atoms with Crippen molar-refractivity contribution in [3.8, 4) is 11.3 Å². The van der Waals surface area contributed by atoms with Gasteiger partial charge in [-0.05, 0) is 31.6 Å². The van der Waals surface area contributed by atoms with Crippen molar-refractivity contribution in [2.24, 2.45) is 11.7 Å². The van der Waals surface area contributed by atoms with E-state index in [0.29, 0.717) is 6.04 Å². The third-order valence-corrected chi connectivity index (χ3v) is 5.70. The van der Waals surface area contributed by atoms with E-state index in [1.807, 2.05) is 0 Å². The Morgan fingerprint density at radius 3 is 2.62 bits per heavy atom. The fraction of sp³-hybridized carbons (Fsp3) is 0.550. The molecule has 1 aromatic carbocycles. The van der Waals surface area contributed by atoms with Gasteiger partial charge in [-0.15, -0.1) is 24.8 Å². The van der Waals surface area contributed by atoms with E-state index in [-0.39, 0.29) is 24.8 Å². The molecule has 0 saturated heterocycles. The van der Waals surface area contributed by atoms with Crippen molar-refractivity contribution in [3.05, 3.63) is 41.6 Å². The van der Waals surface area contributed by atoms with Crippen molar-refractivity contribution in [2.45, 2.75) is 44.6 Å². The van der Waals surface area contributed by atoms with Gasteiger partial charge in [-0.1, -0.05) is 36.8 Å². The van der Waals surface area contributed by atoms with Crippen LogP contribution in [0.3, 0.4) is 0 Å². The van der Waals surface area contributed by atoms with Crippen LogP contribution >= 0.6 is 24.8 Å². The summed E-state index contributed by atoms with van der Waals surface area (Å²) in [6, 6.07) is 11.0. The van der Waals surface area contributed by atoms with Gasteiger partial charge >= 0.3 is 0 Å². The number of hydrogen-bond donors (Lipinski definition) is 2. The van der Waals surface area contributed by atoms with Gasteiger partial charge in [-0.25, -0.2) is 0 Å². The zero-order valence-electron chi connectivity index (χ0n) is 15.2. The van der Waals surface area contributed by atoms with E-state index in [0.717, 1.165) is 37.5 Å². The van der Waals surface area contributed by atoms with Crippen molar-refractivity contribution in [2.75, 3.05) is 19.6 Å². The SMILES string of the molecule is Cl.Cl.N[C@H]1CCC[C@H](CN2CCc3[nH]nc(-c4ccccc4)c3CC2)C1. The van der Waals surface area contributed by atoms with Crippen LogP contribution in [0.1, 0.15) is 36.9 Å². The van der Waals surface area contributed by atoms with Gasteiger partial charge in [-0.3, -0.25) is 5.10 Å². The average Bonchev–Trinajstić information content (AvgIpc) is 2.91. The first kappa shape index (κ1) is 21.2. The molecule has 0 spiro atoms. The normalized spacial score (nSPS) is 23.3. The van der Waals surface area contributed by atoms with Crippen LogP contribution in [0.4, 0.5) is 0 Å². The van der Waals surface area contributed by atoms with Crippen molar-refractivity contribution >= 4 is 24.8 Å². The van der Waals surface area contributed by atoms with Crippen molar-refractivity contribution in [1.29, 1.82) is 0 Å². The lowest BCUT2D eigenvalue weighted by Crippen LogP contribution is -2.37. The standard InChI is InChI=1S/C20H28N4.2ClH/c21-17-8-4-5-15(13-17)14-24-11-9-18-19(10-12-24)22-23-20(18)16-6-2-1-3-7-16;;/h1-3,6-7,15,17H,4-5,8-14,21H2,(H,22,23);2*1H/t15-,17-;;/m0../s1. The average molecular weight is 397 g/mol. The number of aromatic nitrogens is 2. The maximum absolute atomic E-state index is 6.17. The molecule has 1 aromatic heterocycles. The Morgan fingerprint density at radius 2 is 1.85 bits per heavy atom. The molecule has 2 aliphatic rings. The second kappa shape index (κ2) is 9.75. The molecule has 3 N–H and O–H groups in total. The first-order valence-corrected chi connectivity index (χ1v) is 9.39. The highest BCUT2D eigenvalue weighted by molar-refractivity contribution is 5.85. The molecule has 2 atom stereocenters. The molecule has 4 rings (SSSR count). The zero-order valence-corrected chi connectivity index (χ0v) is 16.8. The van der Waals surface area contributed by atoms with Crippen LogP contribution in [0.25, 0.3) is 11.3 Å². The lowest BCUT2D eigenvalue weighted by molar-refractivity contribution is 0.198. The van der Waals surface area contributed by atoms with E-state index in [9.17, 15) is 0 Å². The number of hydrogen-bond acceptors (Lipinski definition) is 3. The highest BCUT2D eigenvalue weighted by atomic mass is 35.5. The smallest absolute Gasteiger partial charge is 0.0955 e. The van der Waals surface area contributed by atoms with Crippen LogP contribution in [0.5, 0.6) is 0 Å². The number of nitrogens with two attached hydrogens (primary N) is 1. The molecule has 0 bridgehead atoms. The summed E-state index contributed by atoms with van der Waals surface area (Å²) in [5.41, 5.74) is 11.3. The number of fused-ring (bicyclic) bond motifs is 1.